The Morgan fingerprint density at radius 3 is 1.62 bits per heavy atom. The zero-order valence-electron chi connectivity index (χ0n) is 47.9. The van der Waals surface area contributed by atoms with Gasteiger partial charge in [0.05, 0.1) is 11.3 Å². The number of furan rings is 1. The van der Waals surface area contributed by atoms with Gasteiger partial charge in [0, 0.05) is 33.8 Å². The first-order valence-electron chi connectivity index (χ1n) is 28.2. The van der Waals surface area contributed by atoms with Crippen LogP contribution in [0.4, 0.5) is 34.1 Å². The van der Waals surface area contributed by atoms with Gasteiger partial charge in [-0.1, -0.05) is 150 Å². The minimum absolute atomic E-state index is 0.0283. The van der Waals surface area contributed by atoms with Crippen molar-refractivity contribution in [2.45, 2.75) is 226 Å². The van der Waals surface area contributed by atoms with E-state index in [0.717, 1.165) is 30.0 Å². The molecule has 1 fully saturated rings. The molecule has 0 radical (unpaired) electrons. The average molecular weight is 957 g/mol. The van der Waals surface area contributed by atoms with Crippen molar-refractivity contribution in [3.05, 3.63) is 123 Å². The number of hydrogen-bond acceptors (Lipinski definition) is 3. The molecular weight excluding hydrogens is 872 g/mol. The van der Waals surface area contributed by atoms with Crippen LogP contribution in [0.25, 0.3) is 11.0 Å². The smallest absolute Gasteiger partial charge is 0.297 e. The Bertz CT molecular complexity index is 3260. The van der Waals surface area contributed by atoms with Crippen molar-refractivity contribution < 1.29 is 4.42 Å². The molecule has 0 saturated heterocycles. The van der Waals surface area contributed by atoms with Crippen molar-refractivity contribution in [2.24, 2.45) is 5.92 Å². The topological polar surface area (TPSA) is 19.6 Å². The van der Waals surface area contributed by atoms with Crippen LogP contribution in [0.3, 0.4) is 0 Å². The molecule has 0 N–H and O–H groups in total. The summed E-state index contributed by atoms with van der Waals surface area (Å²) in [4.78, 5) is 5.44. The predicted molar refractivity (Wildman–Crippen MR) is 310 cm³/mol. The minimum Gasteiger partial charge on any atom is -0.468 e. The third-order valence-electron chi connectivity index (χ3n) is 20.3. The fraction of sp³-hybridized carbons (Fsp3) is 0.529. The van der Waals surface area contributed by atoms with E-state index < -0.39 is 0 Å². The first kappa shape index (κ1) is 48.3. The van der Waals surface area contributed by atoms with E-state index in [4.69, 9.17) is 4.42 Å². The van der Waals surface area contributed by atoms with Crippen molar-refractivity contribution >= 4 is 68.4 Å². The van der Waals surface area contributed by atoms with Crippen molar-refractivity contribution in [3.8, 4) is 0 Å². The molecule has 4 heteroatoms. The molecule has 6 aromatic rings. The van der Waals surface area contributed by atoms with Crippen LogP contribution in [-0.2, 0) is 43.3 Å². The maximum Gasteiger partial charge on any atom is 0.297 e. The van der Waals surface area contributed by atoms with E-state index in [2.05, 4.69) is 214 Å². The van der Waals surface area contributed by atoms with Gasteiger partial charge in [0.25, 0.3) is 6.71 Å². The molecule has 376 valence electrons. The van der Waals surface area contributed by atoms with Gasteiger partial charge in [-0.05, 0) is 216 Å². The van der Waals surface area contributed by atoms with E-state index in [0.29, 0.717) is 5.92 Å². The lowest BCUT2D eigenvalue weighted by Gasteiger charge is -2.47. The third-order valence-corrected chi connectivity index (χ3v) is 20.3. The molecule has 72 heavy (non-hydrogen) atoms. The van der Waals surface area contributed by atoms with Crippen LogP contribution in [0.15, 0.2) is 77.2 Å². The number of anilines is 6. The van der Waals surface area contributed by atoms with Gasteiger partial charge in [-0.3, -0.25) is 0 Å². The summed E-state index contributed by atoms with van der Waals surface area (Å²) in [5, 5.41) is 1.27. The summed E-state index contributed by atoms with van der Waals surface area (Å²) < 4.78 is 7.82. The van der Waals surface area contributed by atoms with Crippen molar-refractivity contribution in [3.63, 3.8) is 0 Å². The van der Waals surface area contributed by atoms with Crippen LogP contribution in [0, 0.1) is 5.92 Å². The number of hydrogen-bond donors (Lipinski definition) is 0. The molecule has 0 spiro atoms. The Balaban J connectivity index is 1.25. The summed E-state index contributed by atoms with van der Waals surface area (Å²) in [7, 11) is 0. The number of rotatable bonds is 2. The Morgan fingerprint density at radius 2 is 1.04 bits per heavy atom. The normalized spacial score (nSPS) is 24.1. The van der Waals surface area contributed by atoms with Crippen LogP contribution in [-0.4, -0.2) is 6.71 Å². The molecule has 0 amide bonds. The third kappa shape index (κ3) is 6.94. The molecule has 3 nitrogen and oxygen atoms in total. The van der Waals surface area contributed by atoms with Crippen LogP contribution in [0.2, 0.25) is 0 Å². The van der Waals surface area contributed by atoms with Gasteiger partial charge >= 0.3 is 0 Å². The molecule has 6 aliphatic rings. The first-order valence-corrected chi connectivity index (χ1v) is 28.2. The molecule has 1 saturated carbocycles. The minimum atomic E-state index is -0.131. The standard InChI is InChI=1S/C68H85BN2O/c1-39-40-22-23-68(19,38-40)49-34-47-57(35-46(39)49)72-60-59(47)71(44-20-21-48-50(33-44)65(13,14)25-24-64(48,11)12)56-32-43(63(8,9)10)31-55-58(56)69(60)53-36-51-52(67(17,18)27-26-66(51,15)16)37-54(53)70(55)45-29-41(61(2,3)4)28-42(30-45)62(5,6)7/h20-21,28-37,39-40H,22-27,38H2,1-19H3. The van der Waals surface area contributed by atoms with E-state index in [1.54, 1.807) is 5.56 Å². The number of nitrogens with zero attached hydrogens (tertiary/aromatic N) is 2. The summed E-state index contributed by atoms with van der Waals surface area (Å²) in [5.41, 5.74) is 25.8. The number of fused-ring (bicyclic) bond motifs is 12. The monoisotopic (exact) mass is 957 g/mol. The molecule has 12 rings (SSSR count). The van der Waals surface area contributed by atoms with Gasteiger partial charge in [-0.15, -0.1) is 0 Å². The summed E-state index contributed by atoms with van der Waals surface area (Å²) in [6.07, 6.45) is 8.55. The molecule has 3 atom stereocenters. The summed E-state index contributed by atoms with van der Waals surface area (Å²) in [5.74, 6) is 1.25. The van der Waals surface area contributed by atoms with Gasteiger partial charge in [0.2, 0.25) is 0 Å². The van der Waals surface area contributed by atoms with Gasteiger partial charge in [0.15, 0.2) is 0 Å². The van der Waals surface area contributed by atoms with Gasteiger partial charge in [-0.2, -0.15) is 0 Å². The first-order chi connectivity index (χ1) is 33.3. The van der Waals surface area contributed by atoms with E-state index in [1.807, 2.05) is 0 Å². The number of benzene rings is 5. The van der Waals surface area contributed by atoms with Crippen LogP contribution in [0.1, 0.15) is 232 Å². The highest BCUT2D eigenvalue weighted by molar-refractivity contribution is 7.00. The van der Waals surface area contributed by atoms with Crippen LogP contribution < -0.4 is 26.4 Å². The van der Waals surface area contributed by atoms with Crippen molar-refractivity contribution in [2.75, 3.05) is 9.80 Å². The lowest BCUT2D eigenvalue weighted by Crippen LogP contribution is -2.61. The average Bonchev–Trinajstić information content (AvgIpc) is 3.85. The highest BCUT2D eigenvalue weighted by atomic mass is 16.3. The second-order valence-electron chi connectivity index (χ2n) is 30.4. The maximum absolute atomic E-state index is 7.82. The van der Waals surface area contributed by atoms with E-state index in [9.17, 15) is 0 Å². The molecule has 3 unspecified atom stereocenters. The Labute approximate surface area is 435 Å². The molecular formula is C68H85BN2O. The zero-order chi connectivity index (χ0) is 51.6. The lowest BCUT2D eigenvalue weighted by molar-refractivity contribution is 0.332. The second kappa shape index (κ2) is 14.8. The second-order valence-corrected chi connectivity index (χ2v) is 30.4. The zero-order valence-corrected chi connectivity index (χ0v) is 47.9. The van der Waals surface area contributed by atoms with E-state index in [-0.39, 0.29) is 50.0 Å². The predicted octanol–water partition coefficient (Wildman–Crippen LogP) is 17.3. The lowest BCUT2D eigenvalue weighted by atomic mass is 9.35. The highest BCUT2D eigenvalue weighted by Crippen LogP contribution is 2.59. The molecule has 2 aliphatic heterocycles. The van der Waals surface area contributed by atoms with E-state index >= 15 is 0 Å². The van der Waals surface area contributed by atoms with Gasteiger partial charge in [-0.25, -0.2) is 0 Å². The SMILES string of the molecule is CC1c2cc3oc4c(c3cc2C2(C)CCC1C2)N(c1ccc2c(c1)C(C)(C)CCC2(C)C)c1cc(C(C)(C)C)cc2c1B4c1cc3c(cc1N2c1cc(C(C)(C)C)cc(C(C)(C)C)c1)C(C)(C)CCC3(C)C. The quantitative estimate of drug-likeness (QED) is 0.161. The fourth-order valence-corrected chi connectivity index (χ4v) is 15.0. The Kier molecular flexibility index (Phi) is 9.91. The highest BCUT2D eigenvalue weighted by Gasteiger charge is 2.52. The van der Waals surface area contributed by atoms with E-state index in [1.165, 1.54) is 127 Å². The summed E-state index contributed by atoms with van der Waals surface area (Å²) in [6, 6.07) is 30.9. The fourth-order valence-electron chi connectivity index (χ4n) is 15.0. The van der Waals surface area contributed by atoms with Crippen molar-refractivity contribution in [1.82, 2.24) is 0 Å². The summed E-state index contributed by atoms with van der Waals surface area (Å²) >= 11 is 0. The molecule has 4 aliphatic carbocycles. The molecule has 5 aromatic carbocycles. The Hall–Kier alpha value is -4.70. The van der Waals surface area contributed by atoms with Crippen LogP contribution in [0.5, 0.6) is 0 Å². The summed E-state index contributed by atoms with van der Waals surface area (Å²) in [6.45, 7) is 46.4. The molecule has 3 heterocycles. The largest absolute Gasteiger partial charge is 0.468 e. The van der Waals surface area contributed by atoms with Gasteiger partial charge < -0.3 is 14.2 Å². The molecule has 1 aromatic heterocycles. The van der Waals surface area contributed by atoms with Crippen molar-refractivity contribution in [1.29, 1.82) is 0 Å². The van der Waals surface area contributed by atoms with Crippen LogP contribution >= 0.6 is 0 Å². The van der Waals surface area contributed by atoms with Gasteiger partial charge in [0.1, 0.15) is 5.58 Å². The molecule has 2 bridgehead atoms. The Morgan fingerprint density at radius 1 is 0.514 bits per heavy atom. The maximum atomic E-state index is 7.82.